The molecule has 0 aliphatic carbocycles. The van der Waals surface area contributed by atoms with E-state index >= 15 is 0 Å². The fraction of sp³-hybridized carbons (Fsp3) is 0.276. The lowest BCUT2D eigenvalue weighted by Crippen LogP contribution is -2.53. The second kappa shape index (κ2) is 9.47. The van der Waals surface area contributed by atoms with Gasteiger partial charge in [-0.25, -0.2) is 4.39 Å². The van der Waals surface area contributed by atoms with Gasteiger partial charge in [-0.1, -0.05) is 6.07 Å². The Kier molecular flexibility index (Phi) is 5.97. The van der Waals surface area contributed by atoms with Gasteiger partial charge >= 0.3 is 0 Å². The first-order valence-electron chi connectivity index (χ1n) is 12.4. The van der Waals surface area contributed by atoms with E-state index in [0.29, 0.717) is 71.9 Å². The summed E-state index contributed by atoms with van der Waals surface area (Å²) in [5.74, 6) is 0.838. The van der Waals surface area contributed by atoms with E-state index in [-0.39, 0.29) is 5.91 Å². The Bertz CT molecular complexity index is 1590. The summed E-state index contributed by atoms with van der Waals surface area (Å²) in [6.07, 6.45) is 0.800. The first kappa shape index (κ1) is 23.9. The van der Waals surface area contributed by atoms with Crippen LogP contribution < -0.4 is 9.64 Å². The Labute approximate surface area is 218 Å². The maximum Gasteiger partial charge on any atom is 0.254 e. The van der Waals surface area contributed by atoms with E-state index in [1.807, 2.05) is 29.2 Å². The Morgan fingerprint density at radius 2 is 2.00 bits per heavy atom. The molecule has 0 spiro atoms. The van der Waals surface area contributed by atoms with E-state index in [0.717, 1.165) is 16.8 Å². The van der Waals surface area contributed by atoms with Crippen LogP contribution in [-0.4, -0.2) is 66.5 Å². The minimum absolute atomic E-state index is 0.165. The minimum Gasteiger partial charge on any atom is -0.496 e. The smallest absolute Gasteiger partial charge is 0.254 e. The van der Waals surface area contributed by atoms with Gasteiger partial charge in [0.2, 0.25) is 0 Å². The van der Waals surface area contributed by atoms with Gasteiger partial charge < -0.3 is 24.1 Å². The molecule has 2 aromatic heterocycles. The van der Waals surface area contributed by atoms with Gasteiger partial charge in [0.15, 0.2) is 5.58 Å². The number of hydrogen-bond acceptors (Lipinski definition) is 7. The second-order valence-corrected chi connectivity index (χ2v) is 9.64. The number of nitriles is 1. The van der Waals surface area contributed by atoms with Gasteiger partial charge in [0.25, 0.3) is 5.91 Å². The molecule has 8 nitrogen and oxygen atoms in total. The first-order valence-corrected chi connectivity index (χ1v) is 12.4. The van der Waals surface area contributed by atoms with E-state index < -0.39 is 12.3 Å². The van der Waals surface area contributed by atoms with Crippen molar-refractivity contribution in [2.24, 2.45) is 0 Å². The van der Waals surface area contributed by atoms with Crippen molar-refractivity contribution in [2.75, 3.05) is 38.2 Å². The van der Waals surface area contributed by atoms with Crippen molar-refractivity contribution >= 4 is 22.7 Å². The maximum absolute atomic E-state index is 13.8. The molecular weight excluding hydrogens is 487 g/mol. The summed E-state index contributed by atoms with van der Waals surface area (Å²) in [5, 5.41) is 19.3. The van der Waals surface area contributed by atoms with E-state index in [1.54, 1.807) is 35.4 Å². The number of benzene rings is 2. The second-order valence-electron chi connectivity index (χ2n) is 9.64. The highest BCUT2D eigenvalue weighted by Gasteiger charge is 2.30. The van der Waals surface area contributed by atoms with Crippen LogP contribution in [0.15, 0.2) is 59.1 Å². The molecule has 9 heteroatoms. The Morgan fingerprint density at radius 1 is 1.16 bits per heavy atom. The number of carbonyl (C=O) groups excluding carboxylic acids is 1. The van der Waals surface area contributed by atoms with Crippen molar-refractivity contribution in [1.82, 2.24) is 9.88 Å². The molecule has 4 heterocycles. The number of amides is 1. The number of rotatable bonds is 5. The van der Waals surface area contributed by atoms with Gasteiger partial charge in [0.05, 0.1) is 30.0 Å². The molecule has 0 saturated carbocycles. The predicted octanol–water partition coefficient (Wildman–Crippen LogP) is 4.41. The van der Waals surface area contributed by atoms with Crippen molar-refractivity contribution in [1.29, 1.82) is 5.26 Å². The van der Waals surface area contributed by atoms with Crippen molar-refractivity contribution in [3.8, 4) is 34.3 Å². The first-order chi connectivity index (χ1) is 18.4. The molecule has 6 rings (SSSR count). The summed E-state index contributed by atoms with van der Waals surface area (Å²) in [5.41, 5.74) is 5.10. The highest BCUT2D eigenvalue weighted by atomic mass is 19.1. The molecule has 1 unspecified atom stereocenters. The summed E-state index contributed by atoms with van der Waals surface area (Å²) in [6.45, 7) is 1.53. The summed E-state index contributed by atoms with van der Waals surface area (Å²) in [4.78, 5) is 20.6. The molecule has 1 N–H and O–H groups in total. The molecule has 4 aromatic rings. The third kappa shape index (κ3) is 4.13. The highest BCUT2D eigenvalue weighted by Crippen LogP contribution is 2.39. The van der Waals surface area contributed by atoms with Crippen LogP contribution in [0.4, 0.5) is 10.1 Å². The van der Waals surface area contributed by atoms with Crippen LogP contribution >= 0.6 is 0 Å². The monoisotopic (exact) mass is 512 g/mol. The number of aliphatic hydroxyl groups is 1. The number of furan rings is 1. The third-order valence-corrected chi connectivity index (χ3v) is 7.17. The summed E-state index contributed by atoms with van der Waals surface area (Å²) in [6, 6.07) is 16.6. The van der Waals surface area contributed by atoms with Gasteiger partial charge in [-0.15, -0.1) is 0 Å². The molecule has 2 fully saturated rings. The van der Waals surface area contributed by atoms with Gasteiger partial charge in [0, 0.05) is 49.6 Å². The van der Waals surface area contributed by atoms with E-state index in [2.05, 4.69) is 11.1 Å². The molecule has 2 aliphatic rings. The summed E-state index contributed by atoms with van der Waals surface area (Å²) < 4.78 is 25.6. The Balaban J connectivity index is 1.35. The number of halogens is 1. The largest absolute Gasteiger partial charge is 0.496 e. The molecule has 1 atom stereocenters. The molecule has 38 heavy (non-hydrogen) atoms. The minimum atomic E-state index is -0.879. The molecule has 1 amide bonds. The molecule has 2 saturated heterocycles. The van der Waals surface area contributed by atoms with E-state index in [9.17, 15) is 19.6 Å². The lowest BCUT2D eigenvalue weighted by molar-refractivity contribution is 0.00588. The zero-order valence-electron chi connectivity index (χ0n) is 20.7. The number of pyridine rings is 1. The van der Waals surface area contributed by atoms with Gasteiger partial charge in [-0.3, -0.25) is 9.78 Å². The number of aliphatic hydroxyl groups excluding tert-OH is 1. The van der Waals surface area contributed by atoms with Gasteiger partial charge in [-0.05, 0) is 48.4 Å². The molecule has 2 aromatic carbocycles. The average Bonchev–Trinajstić information content (AvgIpc) is 3.56. The predicted molar refractivity (Wildman–Crippen MR) is 140 cm³/mol. The van der Waals surface area contributed by atoms with Crippen molar-refractivity contribution in [3.63, 3.8) is 0 Å². The van der Waals surface area contributed by atoms with Gasteiger partial charge in [0.1, 0.15) is 29.3 Å². The zero-order chi connectivity index (χ0) is 26.4. The SMILES string of the molecule is COc1cc(C(=O)N2CC(O)C2)ccc1-c1cc2nccc(-c3ccc(N4CCC(F)C4)c(C#N)c3)c2o1. The number of alkyl halides is 1. The molecular formula is C29H25FN4O4. The average molecular weight is 513 g/mol. The maximum atomic E-state index is 13.8. The number of β-amino-alcohol motifs (C(OH)–C–C–N with tert-alkyl or cyclic N) is 1. The van der Waals surface area contributed by atoms with Crippen LogP contribution in [0, 0.1) is 11.3 Å². The Hall–Kier alpha value is -4.42. The number of hydrogen-bond donors (Lipinski definition) is 1. The number of ether oxygens (including phenoxy) is 1. The van der Waals surface area contributed by atoms with E-state index in [4.69, 9.17) is 9.15 Å². The number of likely N-dealkylation sites (tertiary alicyclic amines) is 1. The van der Waals surface area contributed by atoms with Crippen molar-refractivity contribution < 1.29 is 23.4 Å². The fourth-order valence-electron chi connectivity index (χ4n) is 5.13. The lowest BCUT2D eigenvalue weighted by atomic mass is 10.0. The topological polar surface area (TPSA) is 103 Å². The van der Waals surface area contributed by atoms with Gasteiger partial charge in [-0.2, -0.15) is 5.26 Å². The third-order valence-electron chi connectivity index (χ3n) is 7.17. The molecule has 2 aliphatic heterocycles. The number of fused-ring (bicyclic) bond motifs is 1. The molecule has 0 radical (unpaired) electrons. The highest BCUT2D eigenvalue weighted by molar-refractivity contribution is 5.97. The van der Waals surface area contributed by atoms with Crippen molar-refractivity contribution in [3.05, 3.63) is 65.9 Å². The number of methoxy groups -OCH3 is 1. The molecule has 192 valence electrons. The van der Waals surface area contributed by atoms with Crippen molar-refractivity contribution in [2.45, 2.75) is 18.7 Å². The van der Waals surface area contributed by atoms with Crippen LogP contribution in [0.1, 0.15) is 22.3 Å². The summed E-state index contributed by atoms with van der Waals surface area (Å²) >= 11 is 0. The van der Waals surface area contributed by atoms with Crippen LogP contribution in [-0.2, 0) is 0 Å². The quantitative estimate of drug-likeness (QED) is 0.423. The van der Waals surface area contributed by atoms with Crippen LogP contribution in [0.25, 0.3) is 33.6 Å². The Morgan fingerprint density at radius 3 is 2.71 bits per heavy atom. The number of aromatic nitrogens is 1. The van der Waals surface area contributed by atoms with Crippen LogP contribution in [0.3, 0.4) is 0 Å². The standard InChI is InChI=1S/C29H25FN4O4/c1-37-26-11-18(29(36)34-15-21(35)16-34)2-4-23(26)27-12-24-28(38-27)22(6-8-32-24)17-3-5-25(19(10-17)13-31)33-9-7-20(30)14-33/h2-6,8,10-12,20-21,35H,7,9,14-16H2,1H3. The van der Waals surface area contributed by atoms with Crippen LogP contribution in [0.5, 0.6) is 5.75 Å². The normalized spacial score (nSPS) is 17.5. The lowest BCUT2D eigenvalue weighted by Gasteiger charge is -2.35. The number of nitrogens with zero attached hydrogens (tertiary/aromatic N) is 4. The number of carbonyl (C=O) groups is 1. The van der Waals surface area contributed by atoms with E-state index in [1.165, 1.54) is 7.11 Å². The van der Waals surface area contributed by atoms with Crippen LogP contribution in [0.2, 0.25) is 0 Å². The number of anilines is 1. The zero-order valence-corrected chi connectivity index (χ0v) is 20.7. The fourth-order valence-corrected chi connectivity index (χ4v) is 5.13. The molecule has 0 bridgehead atoms. The summed E-state index contributed by atoms with van der Waals surface area (Å²) in [7, 11) is 1.53.